The minimum Gasteiger partial charge on any atom is -0.493 e. The van der Waals surface area contributed by atoms with Crippen molar-refractivity contribution in [3.05, 3.63) is 65.2 Å². The highest BCUT2D eigenvalue weighted by Crippen LogP contribution is 2.32. The summed E-state index contributed by atoms with van der Waals surface area (Å²) in [6.07, 6.45) is 0.170. The highest BCUT2D eigenvalue weighted by atomic mass is 32.2. The minimum absolute atomic E-state index is 0.0415. The molecule has 0 aliphatic heterocycles. The second-order valence-electron chi connectivity index (χ2n) is 7.04. The number of para-hydroxylation sites is 1. The Kier molecular flexibility index (Phi) is 7.09. The van der Waals surface area contributed by atoms with E-state index in [9.17, 15) is 13.2 Å². The van der Waals surface area contributed by atoms with Crippen molar-refractivity contribution in [3.8, 4) is 16.3 Å². The zero-order valence-corrected chi connectivity index (χ0v) is 19.2. The first-order valence-corrected chi connectivity index (χ1v) is 12.2. The van der Waals surface area contributed by atoms with Crippen molar-refractivity contribution in [2.75, 3.05) is 13.7 Å². The van der Waals surface area contributed by atoms with Crippen LogP contribution in [0.1, 0.15) is 31.1 Å². The number of hydrogen-bond donors (Lipinski definition) is 1. The lowest BCUT2D eigenvalue weighted by molar-refractivity contribution is -0.131. The number of amides is 1. The molecule has 2 N–H and O–H groups in total. The molecule has 3 rings (SSSR count). The van der Waals surface area contributed by atoms with Crippen LogP contribution in [0.4, 0.5) is 0 Å². The Morgan fingerprint density at radius 3 is 2.52 bits per heavy atom. The monoisotopic (exact) mass is 459 g/mol. The van der Waals surface area contributed by atoms with Crippen LogP contribution in [0.15, 0.2) is 58.8 Å². The van der Waals surface area contributed by atoms with Gasteiger partial charge in [-0.15, -0.1) is 11.3 Å². The molecule has 0 aliphatic carbocycles. The van der Waals surface area contributed by atoms with Gasteiger partial charge in [0.05, 0.1) is 35.2 Å². The number of benzene rings is 2. The maximum absolute atomic E-state index is 12.8. The van der Waals surface area contributed by atoms with E-state index in [1.54, 1.807) is 24.1 Å². The normalized spacial score (nSPS) is 12.4. The maximum atomic E-state index is 12.8. The smallest absolute Gasteiger partial charge is 0.238 e. The number of ether oxygens (including phenoxy) is 1. The largest absolute Gasteiger partial charge is 0.493 e. The zero-order chi connectivity index (χ0) is 22.6. The summed E-state index contributed by atoms with van der Waals surface area (Å²) in [5, 5.41) is 7.83. The summed E-state index contributed by atoms with van der Waals surface area (Å²) in [5.41, 5.74) is 2.41. The number of carbonyl (C=O) groups excluding carboxylic acids is 1. The molecule has 0 spiro atoms. The third-order valence-electron chi connectivity index (χ3n) is 4.97. The number of thiazole rings is 1. The summed E-state index contributed by atoms with van der Waals surface area (Å²) in [5.74, 6) is 0.684. The van der Waals surface area contributed by atoms with E-state index >= 15 is 0 Å². The van der Waals surface area contributed by atoms with E-state index in [2.05, 4.69) is 4.98 Å². The van der Waals surface area contributed by atoms with Gasteiger partial charge in [0, 0.05) is 12.4 Å². The van der Waals surface area contributed by atoms with Gasteiger partial charge in [-0.05, 0) is 43.7 Å². The van der Waals surface area contributed by atoms with Gasteiger partial charge in [-0.3, -0.25) is 4.79 Å². The SMILES string of the molecule is CCOc1ccccc1-c1nc(CC(=O)N(C)C(C)c2ccc(S(N)(=O)=O)cc2)cs1. The summed E-state index contributed by atoms with van der Waals surface area (Å²) >= 11 is 1.47. The van der Waals surface area contributed by atoms with Crippen LogP contribution in [0, 0.1) is 0 Å². The molecule has 1 aromatic heterocycles. The lowest BCUT2D eigenvalue weighted by Crippen LogP contribution is -2.31. The number of likely N-dealkylation sites (N-methyl/N-ethyl adjacent to an activating group) is 1. The van der Waals surface area contributed by atoms with Crippen molar-refractivity contribution in [3.63, 3.8) is 0 Å². The molecule has 7 nitrogen and oxygen atoms in total. The van der Waals surface area contributed by atoms with Gasteiger partial charge < -0.3 is 9.64 Å². The molecule has 9 heteroatoms. The van der Waals surface area contributed by atoms with Crippen molar-refractivity contribution in [1.82, 2.24) is 9.88 Å². The Morgan fingerprint density at radius 1 is 1.19 bits per heavy atom. The van der Waals surface area contributed by atoms with E-state index in [4.69, 9.17) is 9.88 Å². The fourth-order valence-electron chi connectivity index (χ4n) is 3.09. The van der Waals surface area contributed by atoms with Gasteiger partial charge >= 0.3 is 0 Å². The van der Waals surface area contributed by atoms with Crippen LogP contribution < -0.4 is 9.88 Å². The number of primary sulfonamides is 1. The van der Waals surface area contributed by atoms with Crippen LogP contribution in [0.2, 0.25) is 0 Å². The van der Waals surface area contributed by atoms with Gasteiger partial charge in [0.25, 0.3) is 0 Å². The number of aromatic nitrogens is 1. The number of nitrogens with zero attached hydrogens (tertiary/aromatic N) is 2. The lowest BCUT2D eigenvalue weighted by atomic mass is 10.1. The predicted octanol–water partition coefficient (Wildman–Crippen LogP) is 3.62. The topological polar surface area (TPSA) is 103 Å². The van der Waals surface area contributed by atoms with E-state index in [1.165, 1.54) is 23.5 Å². The van der Waals surface area contributed by atoms with E-state index in [0.717, 1.165) is 21.9 Å². The number of hydrogen-bond acceptors (Lipinski definition) is 6. The summed E-state index contributed by atoms with van der Waals surface area (Å²) in [4.78, 5) is 19.1. The van der Waals surface area contributed by atoms with Crippen LogP contribution in [0.25, 0.3) is 10.6 Å². The third kappa shape index (κ3) is 5.49. The molecule has 0 radical (unpaired) electrons. The Labute approximate surface area is 186 Å². The molecule has 0 aliphatic rings. The van der Waals surface area contributed by atoms with Crippen molar-refractivity contribution in [2.45, 2.75) is 31.2 Å². The molecule has 164 valence electrons. The Morgan fingerprint density at radius 2 is 1.87 bits per heavy atom. The first-order valence-electron chi connectivity index (χ1n) is 9.75. The molecule has 2 aromatic carbocycles. The second kappa shape index (κ2) is 9.59. The van der Waals surface area contributed by atoms with E-state index in [-0.39, 0.29) is 23.3 Å². The third-order valence-corrected chi connectivity index (χ3v) is 6.82. The molecule has 1 heterocycles. The van der Waals surface area contributed by atoms with Crippen molar-refractivity contribution in [2.24, 2.45) is 5.14 Å². The van der Waals surface area contributed by atoms with E-state index in [0.29, 0.717) is 12.3 Å². The van der Waals surface area contributed by atoms with Crippen molar-refractivity contribution < 1.29 is 17.9 Å². The van der Waals surface area contributed by atoms with Crippen molar-refractivity contribution >= 4 is 27.3 Å². The van der Waals surface area contributed by atoms with Gasteiger partial charge in [-0.25, -0.2) is 18.5 Å². The molecule has 0 fully saturated rings. The number of nitrogens with two attached hydrogens (primary N) is 1. The fraction of sp³-hybridized carbons (Fsp3) is 0.273. The first kappa shape index (κ1) is 22.9. The predicted molar refractivity (Wildman–Crippen MR) is 121 cm³/mol. The summed E-state index contributed by atoms with van der Waals surface area (Å²) in [6, 6.07) is 13.7. The summed E-state index contributed by atoms with van der Waals surface area (Å²) in [7, 11) is -2.03. The highest BCUT2D eigenvalue weighted by Gasteiger charge is 2.20. The molecule has 0 saturated heterocycles. The molecule has 0 saturated carbocycles. The second-order valence-corrected chi connectivity index (χ2v) is 9.46. The fourth-order valence-corrected chi connectivity index (χ4v) is 4.46. The lowest BCUT2D eigenvalue weighted by Gasteiger charge is -2.25. The zero-order valence-electron chi connectivity index (χ0n) is 17.6. The van der Waals surface area contributed by atoms with Gasteiger partial charge in [0.1, 0.15) is 10.8 Å². The minimum atomic E-state index is -3.75. The van der Waals surface area contributed by atoms with E-state index in [1.807, 2.05) is 43.5 Å². The Hall–Kier alpha value is -2.75. The van der Waals surface area contributed by atoms with Gasteiger partial charge in [0.15, 0.2) is 0 Å². The number of sulfonamides is 1. The Bertz CT molecular complexity index is 1160. The molecule has 3 aromatic rings. The highest BCUT2D eigenvalue weighted by molar-refractivity contribution is 7.89. The quantitative estimate of drug-likeness (QED) is 0.554. The number of carbonyl (C=O) groups is 1. The van der Waals surface area contributed by atoms with Crippen LogP contribution in [0.3, 0.4) is 0 Å². The molecule has 0 bridgehead atoms. The number of rotatable bonds is 8. The summed E-state index contributed by atoms with van der Waals surface area (Å²) in [6.45, 7) is 4.38. The maximum Gasteiger partial charge on any atom is 0.238 e. The molecule has 1 amide bonds. The molecule has 1 unspecified atom stereocenters. The standard InChI is InChI=1S/C22H25N3O4S2/c1-4-29-20-8-6-5-7-19(20)22-24-17(14-30-22)13-21(26)25(3)15(2)16-9-11-18(12-10-16)31(23,27)28/h5-12,14-15H,4,13H2,1-3H3,(H2,23,27,28). The Balaban J connectivity index is 1.70. The molecule has 31 heavy (non-hydrogen) atoms. The van der Waals surface area contributed by atoms with Crippen LogP contribution >= 0.6 is 11.3 Å². The van der Waals surface area contributed by atoms with Crippen LogP contribution in [-0.2, 0) is 21.2 Å². The average molecular weight is 460 g/mol. The average Bonchev–Trinajstić information content (AvgIpc) is 3.21. The molecular formula is C22H25N3O4S2. The van der Waals surface area contributed by atoms with Crippen LogP contribution in [0.5, 0.6) is 5.75 Å². The molecule has 1 atom stereocenters. The molecular weight excluding hydrogens is 434 g/mol. The van der Waals surface area contributed by atoms with E-state index < -0.39 is 10.0 Å². The van der Waals surface area contributed by atoms with Gasteiger partial charge in [0.2, 0.25) is 15.9 Å². The summed E-state index contributed by atoms with van der Waals surface area (Å²) < 4.78 is 28.5. The van der Waals surface area contributed by atoms with Gasteiger partial charge in [-0.2, -0.15) is 0 Å². The first-order chi connectivity index (χ1) is 14.7. The van der Waals surface area contributed by atoms with Crippen molar-refractivity contribution in [1.29, 1.82) is 0 Å². The van der Waals surface area contributed by atoms with Crippen LogP contribution in [-0.4, -0.2) is 37.9 Å². The van der Waals surface area contributed by atoms with Gasteiger partial charge in [-0.1, -0.05) is 24.3 Å².